The van der Waals surface area contributed by atoms with E-state index in [1.165, 1.54) is 10.4 Å². The molecule has 2 atom stereocenters. The highest BCUT2D eigenvalue weighted by Gasteiger charge is 2.34. The molecule has 0 saturated carbocycles. The molecule has 0 bridgehead atoms. The summed E-state index contributed by atoms with van der Waals surface area (Å²) >= 11 is 1.69. The van der Waals surface area contributed by atoms with Crippen molar-refractivity contribution in [1.29, 1.82) is 0 Å². The summed E-state index contributed by atoms with van der Waals surface area (Å²) in [6.45, 7) is 5.88. The molecule has 1 aromatic carbocycles. The van der Waals surface area contributed by atoms with Gasteiger partial charge in [-0.2, -0.15) is 0 Å². The Balaban J connectivity index is 1.30. The second-order valence-corrected chi connectivity index (χ2v) is 12.9. The van der Waals surface area contributed by atoms with Gasteiger partial charge in [0.1, 0.15) is 17.0 Å². The first-order valence-corrected chi connectivity index (χ1v) is 15.5. The van der Waals surface area contributed by atoms with Gasteiger partial charge in [0, 0.05) is 42.2 Å². The van der Waals surface area contributed by atoms with Gasteiger partial charge in [0.15, 0.2) is 6.21 Å². The van der Waals surface area contributed by atoms with Crippen molar-refractivity contribution >= 4 is 56.6 Å². The van der Waals surface area contributed by atoms with Crippen LogP contribution in [-0.2, 0) is 22.4 Å². The van der Waals surface area contributed by atoms with E-state index in [2.05, 4.69) is 41.1 Å². The van der Waals surface area contributed by atoms with Crippen LogP contribution in [0.1, 0.15) is 42.2 Å². The Labute approximate surface area is 245 Å². The number of hydrogen-bond acceptors (Lipinski definition) is 9. The lowest BCUT2D eigenvalue weighted by Gasteiger charge is -2.37. The van der Waals surface area contributed by atoms with Gasteiger partial charge in [0.05, 0.1) is 41.6 Å². The number of benzene rings is 1. The smallest absolute Gasteiger partial charge is 0.226 e. The molecule has 10 nitrogen and oxygen atoms in total. The first-order chi connectivity index (χ1) is 19.8. The van der Waals surface area contributed by atoms with E-state index in [1.807, 2.05) is 17.0 Å². The van der Waals surface area contributed by atoms with Crippen LogP contribution >= 0.6 is 11.3 Å². The lowest BCUT2D eigenvalue weighted by molar-refractivity contribution is -0.143. The van der Waals surface area contributed by atoms with Gasteiger partial charge in [-0.1, -0.05) is 0 Å². The Kier molecular flexibility index (Phi) is 7.84. The number of hydrogen-bond donors (Lipinski definition) is 3. The van der Waals surface area contributed by atoms with Crippen molar-refractivity contribution in [2.45, 2.75) is 51.1 Å². The number of nitrogens with zero attached hydrogens (tertiary/aromatic N) is 5. The van der Waals surface area contributed by atoms with Crippen molar-refractivity contribution in [3.05, 3.63) is 34.5 Å². The number of fused-ring (bicyclic) bond motifs is 3. The lowest BCUT2D eigenvalue weighted by atomic mass is 9.86. The number of thiophene rings is 1. The van der Waals surface area contributed by atoms with Gasteiger partial charge < -0.3 is 30.5 Å². The average molecular weight is 578 g/mol. The van der Waals surface area contributed by atoms with Gasteiger partial charge in [-0.15, -0.1) is 11.3 Å². The van der Waals surface area contributed by atoms with E-state index in [1.54, 1.807) is 23.9 Å². The van der Waals surface area contributed by atoms with Crippen molar-refractivity contribution < 1.29 is 14.9 Å². The number of anilines is 4. The molecular weight excluding hydrogens is 536 g/mol. The van der Waals surface area contributed by atoms with E-state index in [0.717, 1.165) is 78.2 Å². The van der Waals surface area contributed by atoms with E-state index < -0.39 is 0 Å². The summed E-state index contributed by atoms with van der Waals surface area (Å²) in [6.07, 6.45) is 7.78. The number of nitrogens with two attached hydrogens (primary N) is 2. The minimum Gasteiger partial charge on any atom is -0.398 e. The molecule has 6 rings (SSSR count). The Morgan fingerprint density at radius 2 is 2.02 bits per heavy atom. The van der Waals surface area contributed by atoms with Gasteiger partial charge in [-0.25, -0.2) is 9.97 Å². The highest BCUT2D eigenvalue weighted by atomic mass is 32.1. The molecule has 2 aromatic heterocycles. The number of nitrogen functional groups attached to an aromatic ring is 1. The Bertz CT molecular complexity index is 1450. The molecule has 2 fully saturated rings. The normalized spacial score (nSPS) is 21.8. The lowest BCUT2D eigenvalue weighted by Crippen LogP contribution is -2.50. The summed E-state index contributed by atoms with van der Waals surface area (Å²) < 4.78 is 5.55. The standard InChI is InChI=1S/C30H40N8O2S/c1-18-16-40-11-10-38(18)30(39)19-4-5-22-26(13-19)41-29-27(22)28(33-17-34-29)35-24-12-20(15-31)23(32)14-25(24)37-8-6-21(7-9-37)36(2)3/h12,14-15,17-19,21,31H,4-11,13,16,32H2,1-3H3,(H,33,34,35)/p+1/t18-,19+/m1/s1. The third-order valence-electron chi connectivity index (χ3n) is 9.01. The summed E-state index contributed by atoms with van der Waals surface area (Å²) in [5, 5.41) is 10.7. The van der Waals surface area contributed by atoms with Crippen LogP contribution in [0.15, 0.2) is 18.5 Å². The molecule has 4 heterocycles. The average Bonchev–Trinajstić information content (AvgIpc) is 3.36. The van der Waals surface area contributed by atoms with Crippen molar-refractivity contribution in [1.82, 2.24) is 19.8 Å². The van der Waals surface area contributed by atoms with Gasteiger partial charge in [-0.3, -0.25) is 10.2 Å². The number of ether oxygens (including phenoxy) is 1. The molecule has 2 saturated heterocycles. The quantitative estimate of drug-likeness (QED) is 0.301. The molecular formula is C30H41N8O2S+. The highest BCUT2D eigenvalue weighted by Crippen LogP contribution is 2.42. The van der Waals surface area contributed by atoms with Crippen LogP contribution in [0.5, 0.6) is 0 Å². The maximum absolute atomic E-state index is 13.4. The molecule has 41 heavy (non-hydrogen) atoms. The van der Waals surface area contributed by atoms with Gasteiger partial charge in [0.25, 0.3) is 0 Å². The zero-order chi connectivity index (χ0) is 28.7. The number of rotatable bonds is 6. The number of morpholine rings is 1. The maximum atomic E-state index is 13.4. The van der Waals surface area contributed by atoms with E-state index in [4.69, 9.17) is 20.9 Å². The van der Waals surface area contributed by atoms with E-state index in [0.29, 0.717) is 31.5 Å². The van der Waals surface area contributed by atoms with Crippen LogP contribution in [0.25, 0.3) is 10.2 Å². The van der Waals surface area contributed by atoms with Crippen LogP contribution < -0.4 is 21.4 Å². The number of carbonyl (C=O) groups excluding carboxylic acids is 1. The molecule has 11 heteroatoms. The Morgan fingerprint density at radius 3 is 2.76 bits per heavy atom. The first-order valence-electron chi connectivity index (χ1n) is 14.6. The van der Waals surface area contributed by atoms with E-state index in [-0.39, 0.29) is 17.9 Å². The topological polar surface area (TPSA) is 125 Å². The van der Waals surface area contributed by atoms with Gasteiger partial charge in [0.2, 0.25) is 5.91 Å². The molecule has 218 valence electrons. The predicted molar refractivity (Wildman–Crippen MR) is 165 cm³/mol. The maximum Gasteiger partial charge on any atom is 0.226 e. The van der Waals surface area contributed by atoms with Crippen LogP contribution in [0.4, 0.5) is 22.9 Å². The summed E-state index contributed by atoms with van der Waals surface area (Å²) in [5.41, 5.74) is 11.1. The molecule has 0 radical (unpaired) electrons. The van der Waals surface area contributed by atoms with Crippen molar-refractivity contribution in [3.8, 4) is 0 Å². The zero-order valence-corrected chi connectivity index (χ0v) is 25.0. The number of piperidine rings is 1. The van der Waals surface area contributed by atoms with E-state index >= 15 is 0 Å². The number of carbonyl (C=O) groups is 1. The van der Waals surface area contributed by atoms with Crippen LogP contribution in [-0.4, -0.2) is 90.9 Å². The molecule has 0 spiro atoms. The monoisotopic (exact) mass is 577 g/mol. The number of amides is 1. The van der Waals surface area contributed by atoms with Crippen molar-refractivity contribution in [2.24, 2.45) is 5.92 Å². The molecule has 3 aliphatic rings. The second-order valence-electron chi connectivity index (χ2n) is 11.8. The molecule has 2 aliphatic heterocycles. The van der Waals surface area contributed by atoms with Crippen LogP contribution in [0.3, 0.4) is 0 Å². The SMILES string of the molecule is C[C@@H]1COCCN1C(=O)[C@H]1CCc2c(sc3ncnc(Nc4cc(C=[NH2+])c(N)cc4N4CCC(N(C)C)CC4)c23)C1. The fourth-order valence-corrected chi connectivity index (χ4v) is 7.85. The summed E-state index contributed by atoms with van der Waals surface area (Å²) in [5.74, 6) is 1.04. The highest BCUT2D eigenvalue weighted by molar-refractivity contribution is 7.19. The number of aromatic nitrogens is 2. The summed E-state index contributed by atoms with van der Waals surface area (Å²) in [4.78, 5) is 31.7. The van der Waals surface area contributed by atoms with Gasteiger partial charge >= 0.3 is 0 Å². The zero-order valence-electron chi connectivity index (χ0n) is 24.2. The van der Waals surface area contributed by atoms with Crippen molar-refractivity contribution in [3.63, 3.8) is 0 Å². The summed E-state index contributed by atoms with van der Waals surface area (Å²) in [6, 6.07) is 4.76. The Hall–Kier alpha value is -3.28. The van der Waals surface area contributed by atoms with Gasteiger partial charge in [-0.05, 0) is 70.8 Å². The van der Waals surface area contributed by atoms with Crippen molar-refractivity contribution in [2.75, 3.05) is 62.9 Å². The largest absolute Gasteiger partial charge is 0.398 e. The fourth-order valence-electron chi connectivity index (χ4n) is 6.58. The molecule has 0 unspecified atom stereocenters. The molecule has 5 N–H and O–H groups in total. The molecule has 3 aromatic rings. The predicted octanol–water partition coefficient (Wildman–Crippen LogP) is 2.08. The fraction of sp³-hybridized carbons (Fsp3) is 0.533. The molecule has 1 amide bonds. The Morgan fingerprint density at radius 1 is 1.22 bits per heavy atom. The van der Waals surface area contributed by atoms with Crippen LogP contribution in [0.2, 0.25) is 0 Å². The molecule has 1 aliphatic carbocycles. The summed E-state index contributed by atoms with van der Waals surface area (Å²) in [7, 11) is 4.31. The van der Waals surface area contributed by atoms with E-state index in [9.17, 15) is 4.79 Å². The first kappa shape index (κ1) is 27.9. The third kappa shape index (κ3) is 5.38. The minimum absolute atomic E-state index is 0.00285. The minimum atomic E-state index is -0.00285. The third-order valence-corrected chi connectivity index (χ3v) is 10.2. The van der Waals surface area contributed by atoms with Crippen LogP contribution in [0, 0.1) is 5.92 Å². The number of aryl methyl sites for hydroxylation is 1. The number of nitrogens with one attached hydrogen (secondary N) is 1. The second kappa shape index (κ2) is 11.5.